The van der Waals surface area contributed by atoms with Gasteiger partial charge in [0.05, 0.1) is 23.8 Å². The van der Waals surface area contributed by atoms with E-state index in [-0.39, 0.29) is 18.2 Å². The summed E-state index contributed by atoms with van der Waals surface area (Å²) >= 11 is 0. The first kappa shape index (κ1) is 18.5. The second-order valence-corrected chi connectivity index (χ2v) is 6.08. The molecule has 0 radical (unpaired) electrons. The minimum Gasteiger partial charge on any atom is -0.495 e. The van der Waals surface area contributed by atoms with E-state index >= 15 is 0 Å². The Morgan fingerprint density at radius 1 is 1.11 bits per heavy atom. The molecule has 0 aliphatic carbocycles. The monoisotopic (exact) mass is 371 g/mol. The number of non-ortho nitro benzene ring substituents is 1. The lowest BCUT2D eigenvalue weighted by Gasteiger charge is -2.36. The summed E-state index contributed by atoms with van der Waals surface area (Å²) in [6.45, 7) is 2.41. The average molecular weight is 371 g/mol. The molecule has 2 aromatic carbocycles. The fraction of sp³-hybridized carbons (Fsp3) is 0.316. The maximum absolute atomic E-state index is 12.4. The summed E-state index contributed by atoms with van der Waals surface area (Å²) in [5, 5.41) is 10.8. The number of methoxy groups -OCH3 is 1. The molecule has 0 N–H and O–H groups in total. The summed E-state index contributed by atoms with van der Waals surface area (Å²) in [4.78, 5) is 26.6. The highest BCUT2D eigenvalue weighted by molar-refractivity contribution is 5.78. The summed E-state index contributed by atoms with van der Waals surface area (Å²) in [5.74, 6) is 0.984. The SMILES string of the molecule is COc1ccccc1N1CCN(C(=O)COc2cccc([N+](=O)[O-])c2)CC1. The third-order valence-corrected chi connectivity index (χ3v) is 4.45. The molecule has 8 nitrogen and oxygen atoms in total. The minimum absolute atomic E-state index is 0.0645. The highest BCUT2D eigenvalue weighted by Crippen LogP contribution is 2.28. The molecule has 8 heteroatoms. The van der Waals surface area contributed by atoms with Gasteiger partial charge in [-0.1, -0.05) is 18.2 Å². The normalized spacial score (nSPS) is 14.0. The van der Waals surface area contributed by atoms with Crippen molar-refractivity contribution >= 4 is 17.3 Å². The van der Waals surface area contributed by atoms with Crippen LogP contribution >= 0.6 is 0 Å². The van der Waals surface area contributed by atoms with E-state index in [0.717, 1.165) is 11.4 Å². The van der Waals surface area contributed by atoms with Gasteiger partial charge in [0.2, 0.25) is 0 Å². The molecule has 3 rings (SSSR count). The second-order valence-electron chi connectivity index (χ2n) is 6.08. The van der Waals surface area contributed by atoms with Gasteiger partial charge in [-0.25, -0.2) is 0 Å². The molecule has 27 heavy (non-hydrogen) atoms. The number of nitro benzene ring substituents is 1. The molecule has 0 saturated carbocycles. The Hall–Kier alpha value is -3.29. The molecular weight excluding hydrogens is 350 g/mol. The van der Waals surface area contributed by atoms with Crippen LogP contribution in [0.3, 0.4) is 0 Å². The number of ether oxygens (including phenoxy) is 2. The van der Waals surface area contributed by atoms with Gasteiger partial charge in [0.1, 0.15) is 11.5 Å². The lowest BCUT2D eigenvalue weighted by atomic mass is 10.2. The van der Waals surface area contributed by atoms with Gasteiger partial charge in [0, 0.05) is 32.2 Å². The Kier molecular flexibility index (Phi) is 5.75. The van der Waals surface area contributed by atoms with Crippen molar-refractivity contribution in [2.45, 2.75) is 0 Å². The summed E-state index contributed by atoms with van der Waals surface area (Å²) in [6, 6.07) is 13.6. The molecule has 2 aromatic rings. The summed E-state index contributed by atoms with van der Waals surface area (Å²) in [7, 11) is 1.64. The zero-order valence-corrected chi connectivity index (χ0v) is 15.0. The van der Waals surface area contributed by atoms with Crippen molar-refractivity contribution in [2.75, 3.05) is 44.8 Å². The number of carbonyl (C=O) groups is 1. The van der Waals surface area contributed by atoms with E-state index in [2.05, 4.69) is 4.90 Å². The number of anilines is 1. The van der Waals surface area contributed by atoms with Crippen LogP contribution in [0.2, 0.25) is 0 Å². The van der Waals surface area contributed by atoms with Crippen LogP contribution in [0.5, 0.6) is 11.5 Å². The summed E-state index contributed by atoms with van der Waals surface area (Å²) in [5.41, 5.74) is 0.949. The molecule has 1 saturated heterocycles. The maximum atomic E-state index is 12.4. The highest BCUT2D eigenvalue weighted by Gasteiger charge is 2.23. The molecule has 0 aromatic heterocycles. The first-order valence-corrected chi connectivity index (χ1v) is 8.61. The predicted molar refractivity (Wildman–Crippen MR) is 100 cm³/mol. The second kappa shape index (κ2) is 8.39. The number of para-hydroxylation sites is 2. The standard InChI is InChI=1S/C19H21N3O5/c1-26-18-8-3-2-7-17(18)20-9-11-21(12-10-20)19(23)14-27-16-6-4-5-15(13-16)22(24)25/h2-8,13H,9-12,14H2,1H3. The number of hydrogen-bond donors (Lipinski definition) is 0. The summed E-state index contributed by atoms with van der Waals surface area (Å²) in [6.07, 6.45) is 0. The lowest BCUT2D eigenvalue weighted by molar-refractivity contribution is -0.384. The van der Waals surface area contributed by atoms with Gasteiger partial charge in [0.15, 0.2) is 6.61 Å². The van der Waals surface area contributed by atoms with E-state index in [4.69, 9.17) is 9.47 Å². The Morgan fingerprint density at radius 3 is 2.56 bits per heavy atom. The van der Waals surface area contributed by atoms with Gasteiger partial charge in [-0.15, -0.1) is 0 Å². The Balaban J connectivity index is 1.53. The molecule has 1 aliphatic heterocycles. The molecule has 1 aliphatic rings. The first-order chi connectivity index (χ1) is 13.1. The molecule has 0 atom stereocenters. The van der Waals surface area contributed by atoms with Crippen LogP contribution in [0.25, 0.3) is 0 Å². The largest absolute Gasteiger partial charge is 0.495 e. The predicted octanol–water partition coefficient (Wildman–Crippen LogP) is 2.33. The number of nitro groups is 1. The van der Waals surface area contributed by atoms with Gasteiger partial charge in [-0.2, -0.15) is 0 Å². The van der Waals surface area contributed by atoms with Crippen molar-refractivity contribution in [1.82, 2.24) is 4.90 Å². The van der Waals surface area contributed by atoms with Crippen molar-refractivity contribution in [3.05, 3.63) is 58.6 Å². The van der Waals surface area contributed by atoms with Gasteiger partial charge >= 0.3 is 0 Å². The Morgan fingerprint density at radius 2 is 1.85 bits per heavy atom. The number of amides is 1. The molecule has 1 fully saturated rings. The average Bonchev–Trinajstić information content (AvgIpc) is 2.72. The third kappa shape index (κ3) is 4.46. The van der Waals surface area contributed by atoms with Crippen LogP contribution in [0, 0.1) is 10.1 Å². The molecular formula is C19H21N3O5. The Labute approximate surface area is 157 Å². The van der Waals surface area contributed by atoms with Crippen LogP contribution < -0.4 is 14.4 Å². The zero-order chi connectivity index (χ0) is 19.2. The van der Waals surface area contributed by atoms with Crippen LogP contribution in [-0.2, 0) is 4.79 Å². The number of hydrogen-bond acceptors (Lipinski definition) is 6. The van der Waals surface area contributed by atoms with Crippen molar-refractivity contribution in [1.29, 1.82) is 0 Å². The van der Waals surface area contributed by atoms with Crippen LogP contribution in [0.15, 0.2) is 48.5 Å². The number of rotatable bonds is 6. The first-order valence-electron chi connectivity index (χ1n) is 8.61. The van der Waals surface area contributed by atoms with Crippen molar-refractivity contribution < 1.29 is 19.2 Å². The van der Waals surface area contributed by atoms with E-state index in [1.54, 1.807) is 18.1 Å². The lowest BCUT2D eigenvalue weighted by Crippen LogP contribution is -2.50. The maximum Gasteiger partial charge on any atom is 0.273 e. The fourth-order valence-electron chi connectivity index (χ4n) is 3.01. The highest BCUT2D eigenvalue weighted by atomic mass is 16.6. The topological polar surface area (TPSA) is 85.2 Å². The van der Waals surface area contributed by atoms with Gasteiger partial charge in [-0.3, -0.25) is 14.9 Å². The molecule has 0 spiro atoms. The fourth-order valence-corrected chi connectivity index (χ4v) is 3.01. The van der Waals surface area contributed by atoms with Gasteiger partial charge in [0.25, 0.3) is 11.6 Å². The molecule has 0 bridgehead atoms. The van der Waals surface area contributed by atoms with E-state index in [1.165, 1.54) is 18.2 Å². The van der Waals surface area contributed by atoms with Crippen molar-refractivity contribution in [2.24, 2.45) is 0 Å². The molecule has 142 valence electrons. The van der Waals surface area contributed by atoms with E-state index in [9.17, 15) is 14.9 Å². The number of piperazine rings is 1. The Bertz CT molecular complexity index is 818. The number of benzene rings is 2. The number of carbonyl (C=O) groups excluding carboxylic acids is 1. The van der Waals surface area contributed by atoms with Crippen molar-refractivity contribution in [3.63, 3.8) is 0 Å². The number of nitrogens with zero attached hydrogens (tertiary/aromatic N) is 3. The van der Waals surface area contributed by atoms with Crippen LogP contribution in [-0.4, -0.2) is 55.6 Å². The molecule has 0 unspecified atom stereocenters. The van der Waals surface area contributed by atoms with Gasteiger partial charge < -0.3 is 19.3 Å². The van der Waals surface area contributed by atoms with Gasteiger partial charge in [-0.05, 0) is 18.2 Å². The van der Waals surface area contributed by atoms with E-state index < -0.39 is 4.92 Å². The van der Waals surface area contributed by atoms with E-state index in [0.29, 0.717) is 31.9 Å². The summed E-state index contributed by atoms with van der Waals surface area (Å²) < 4.78 is 10.8. The van der Waals surface area contributed by atoms with Crippen LogP contribution in [0.1, 0.15) is 0 Å². The minimum atomic E-state index is -0.494. The molecule has 1 amide bonds. The quantitative estimate of drug-likeness (QED) is 0.572. The van der Waals surface area contributed by atoms with Crippen LogP contribution in [0.4, 0.5) is 11.4 Å². The molecule has 1 heterocycles. The third-order valence-electron chi connectivity index (χ3n) is 4.45. The van der Waals surface area contributed by atoms with Crippen molar-refractivity contribution in [3.8, 4) is 11.5 Å². The smallest absolute Gasteiger partial charge is 0.273 e. The zero-order valence-electron chi connectivity index (χ0n) is 15.0. The van der Waals surface area contributed by atoms with E-state index in [1.807, 2.05) is 24.3 Å².